The maximum atomic E-state index is 11.9. The van der Waals surface area contributed by atoms with Crippen LogP contribution in [0.15, 0.2) is 6.07 Å². The van der Waals surface area contributed by atoms with Crippen molar-refractivity contribution in [2.75, 3.05) is 0 Å². The molecule has 0 aliphatic carbocycles. The van der Waals surface area contributed by atoms with Gasteiger partial charge in [0.1, 0.15) is 0 Å². The molecule has 0 saturated carbocycles. The Bertz CT molecular complexity index is 535. The topological polar surface area (TPSA) is 59.1 Å². The largest absolute Gasteiger partial charge is 0.296 e. The van der Waals surface area contributed by atoms with E-state index in [1.54, 1.807) is 0 Å². The lowest BCUT2D eigenvalue weighted by Gasteiger charge is -2.23. The SMILES string of the molecule is Cc1cc(C(C)C)c(C)nc1C1CCC(=O)NC1=O. The van der Waals surface area contributed by atoms with Gasteiger partial charge in [0.05, 0.1) is 11.6 Å². The molecule has 2 rings (SSSR count). The number of carbonyl (C=O) groups excluding carboxylic acids is 2. The van der Waals surface area contributed by atoms with Crippen molar-refractivity contribution in [2.24, 2.45) is 0 Å². The maximum Gasteiger partial charge on any atom is 0.235 e. The Kier molecular flexibility index (Phi) is 3.69. The first-order chi connectivity index (χ1) is 8.90. The zero-order valence-electron chi connectivity index (χ0n) is 11.9. The van der Waals surface area contributed by atoms with Gasteiger partial charge in [-0.3, -0.25) is 19.9 Å². The van der Waals surface area contributed by atoms with E-state index in [-0.39, 0.29) is 17.7 Å². The minimum absolute atomic E-state index is 0.186. The predicted molar refractivity (Wildman–Crippen MR) is 72.9 cm³/mol. The van der Waals surface area contributed by atoms with E-state index >= 15 is 0 Å². The summed E-state index contributed by atoms with van der Waals surface area (Å²) < 4.78 is 0. The Morgan fingerprint density at radius 1 is 1.32 bits per heavy atom. The normalized spacial score (nSPS) is 19.7. The summed E-state index contributed by atoms with van der Waals surface area (Å²) >= 11 is 0. The lowest BCUT2D eigenvalue weighted by Crippen LogP contribution is -2.40. The average Bonchev–Trinajstić information content (AvgIpc) is 2.32. The van der Waals surface area contributed by atoms with E-state index in [0.29, 0.717) is 18.8 Å². The molecule has 1 unspecified atom stereocenters. The van der Waals surface area contributed by atoms with E-state index in [1.165, 1.54) is 5.56 Å². The molecule has 1 aromatic rings. The zero-order chi connectivity index (χ0) is 14.2. The van der Waals surface area contributed by atoms with Crippen LogP contribution in [0.5, 0.6) is 0 Å². The molecule has 1 aliphatic heterocycles. The van der Waals surface area contributed by atoms with E-state index in [4.69, 9.17) is 0 Å². The van der Waals surface area contributed by atoms with Gasteiger partial charge in [-0.15, -0.1) is 0 Å². The third-order valence-electron chi connectivity index (χ3n) is 3.67. The number of nitrogens with one attached hydrogen (secondary N) is 1. The summed E-state index contributed by atoms with van der Waals surface area (Å²) in [5.74, 6) is -0.280. The molecule has 0 aromatic carbocycles. The monoisotopic (exact) mass is 260 g/mol. The highest BCUT2D eigenvalue weighted by molar-refractivity contribution is 6.00. The van der Waals surface area contributed by atoms with Crippen molar-refractivity contribution in [3.05, 3.63) is 28.6 Å². The summed E-state index contributed by atoms with van der Waals surface area (Å²) in [7, 11) is 0. The summed E-state index contributed by atoms with van der Waals surface area (Å²) in [5.41, 5.74) is 4.03. The number of aryl methyl sites for hydroxylation is 2. The van der Waals surface area contributed by atoms with Gasteiger partial charge in [0.25, 0.3) is 0 Å². The Morgan fingerprint density at radius 2 is 2.00 bits per heavy atom. The number of rotatable bonds is 2. The minimum atomic E-state index is -0.294. The number of aromatic nitrogens is 1. The Hall–Kier alpha value is -1.71. The van der Waals surface area contributed by atoms with Crippen LogP contribution in [-0.2, 0) is 9.59 Å². The summed E-state index contributed by atoms with van der Waals surface area (Å²) in [6, 6.07) is 2.12. The highest BCUT2D eigenvalue weighted by atomic mass is 16.2. The highest BCUT2D eigenvalue weighted by Crippen LogP contribution is 2.29. The van der Waals surface area contributed by atoms with Crippen molar-refractivity contribution in [3.63, 3.8) is 0 Å². The summed E-state index contributed by atoms with van der Waals surface area (Å²) in [6.45, 7) is 8.23. The van der Waals surface area contributed by atoms with Gasteiger partial charge in [-0.25, -0.2) is 0 Å². The Balaban J connectivity index is 2.38. The van der Waals surface area contributed by atoms with Crippen LogP contribution in [-0.4, -0.2) is 16.8 Å². The van der Waals surface area contributed by atoms with Gasteiger partial charge in [0, 0.05) is 12.1 Å². The number of imide groups is 1. The number of carbonyl (C=O) groups is 2. The van der Waals surface area contributed by atoms with Crippen LogP contribution < -0.4 is 5.32 Å². The van der Waals surface area contributed by atoms with Crippen molar-refractivity contribution in [3.8, 4) is 0 Å². The van der Waals surface area contributed by atoms with E-state index in [0.717, 1.165) is 17.0 Å². The van der Waals surface area contributed by atoms with Gasteiger partial charge in [-0.2, -0.15) is 0 Å². The third kappa shape index (κ3) is 2.67. The Morgan fingerprint density at radius 3 is 2.58 bits per heavy atom. The first kappa shape index (κ1) is 13.7. The predicted octanol–water partition coefficient (Wildman–Crippen LogP) is 2.34. The number of amides is 2. The van der Waals surface area contributed by atoms with Crippen LogP contribution in [0.3, 0.4) is 0 Å². The van der Waals surface area contributed by atoms with Crippen molar-refractivity contribution >= 4 is 11.8 Å². The standard InChI is InChI=1S/C15H20N2O2/c1-8(2)12-7-9(3)14(16-10(12)4)11-5-6-13(18)17-15(11)19/h7-8,11H,5-6H2,1-4H3,(H,17,18,19). The number of hydrogen-bond acceptors (Lipinski definition) is 3. The number of pyridine rings is 1. The second kappa shape index (κ2) is 5.11. The van der Waals surface area contributed by atoms with E-state index in [2.05, 4.69) is 30.2 Å². The third-order valence-corrected chi connectivity index (χ3v) is 3.67. The second-order valence-corrected chi connectivity index (χ2v) is 5.52. The van der Waals surface area contributed by atoms with Crippen LogP contribution in [0.2, 0.25) is 0 Å². The fraction of sp³-hybridized carbons (Fsp3) is 0.533. The lowest BCUT2D eigenvalue weighted by molar-refractivity contribution is -0.134. The van der Waals surface area contributed by atoms with Gasteiger partial charge >= 0.3 is 0 Å². The molecule has 1 N–H and O–H groups in total. The summed E-state index contributed by atoms with van der Waals surface area (Å²) in [4.78, 5) is 27.7. The molecular formula is C15H20N2O2. The molecule has 2 heterocycles. The van der Waals surface area contributed by atoms with Crippen LogP contribution in [0.4, 0.5) is 0 Å². The second-order valence-electron chi connectivity index (χ2n) is 5.52. The van der Waals surface area contributed by atoms with Crippen molar-refractivity contribution in [1.29, 1.82) is 0 Å². The molecule has 1 aliphatic rings. The van der Waals surface area contributed by atoms with Gasteiger partial charge in [0.2, 0.25) is 11.8 Å². The molecule has 1 fully saturated rings. The van der Waals surface area contributed by atoms with Gasteiger partial charge in [-0.05, 0) is 37.3 Å². The lowest BCUT2D eigenvalue weighted by atomic mass is 9.89. The molecule has 19 heavy (non-hydrogen) atoms. The molecule has 0 radical (unpaired) electrons. The number of piperidine rings is 1. The zero-order valence-corrected chi connectivity index (χ0v) is 11.9. The molecule has 0 spiro atoms. The molecule has 1 saturated heterocycles. The van der Waals surface area contributed by atoms with Crippen LogP contribution in [0.25, 0.3) is 0 Å². The van der Waals surface area contributed by atoms with Crippen LogP contribution >= 0.6 is 0 Å². The van der Waals surface area contributed by atoms with Crippen LogP contribution in [0.1, 0.15) is 61.0 Å². The summed E-state index contributed by atoms with van der Waals surface area (Å²) in [6.07, 6.45) is 0.946. The maximum absolute atomic E-state index is 11.9. The molecule has 102 valence electrons. The van der Waals surface area contributed by atoms with Crippen molar-refractivity contribution in [2.45, 2.75) is 52.4 Å². The molecule has 4 heteroatoms. The van der Waals surface area contributed by atoms with E-state index in [1.807, 2.05) is 13.8 Å². The fourth-order valence-corrected chi connectivity index (χ4v) is 2.64. The smallest absolute Gasteiger partial charge is 0.235 e. The molecule has 0 bridgehead atoms. The Labute approximate surface area is 113 Å². The van der Waals surface area contributed by atoms with Gasteiger partial charge < -0.3 is 0 Å². The van der Waals surface area contributed by atoms with Gasteiger partial charge in [0.15, 0.2) is 0 Å². The quantitative estimate of drug-likeness (QED) is 0.830. The number of nitrogens with zero attached hydrogens (tertiary/aromatic N) is 1. The number of hydrogen-bond donors (Lipinski definition) is 1. The molecule has 1 atom stereocenters. The van der Waals surface area contributed by atoms with E-state index < -0.39 is 0 Å². The first-order valence-electron chi connectivity index (χ1n) is 6.72. The van der Waals surface area contributed by atoms with Gasteiger partial charge in [-0.1, -0.05) is 19.9 Å². The van der Waals surface area contributed by atoms with Crippen LogP contribution in [0, 0.1) is 13.8 Å². The van der Waals surface area contributed by atoms with E-state index in [9.17, 15) is 9.59 Å². The fourth-order valence-electron chi connectivity index (χ4n) is 2.64. The first-order valence-corrected chi connectivity index (χ1v) is 6.72. The molecule has 4 nitrogen and oxygen atoms in total. The minimum Gasteiger partial charge on any atom is -0.296 e. The molecule has 1 aromatic heterocycles. The summed E-state index contributed by atoms with van der Waals surface area (Å²) in [5, 5.41) is 2.39. The molecular weight excluding hydrogens is 240 g/mol. The van der Waals surface area contributed by atoms with Crippen molar-refractivity contribution in [1.82, 2.24) is 10.3 Å². The average molecular weight is 260 g/mol. The highest BCUT2D eigenvalue weighted by Gasteiger charge is 2.30. The van der Waals surface area contributed by atoms with Crippen molar-refractivity contribution < 1.29 is 9.59 Å². The molecule has 2 amide bonds.